The van der Waals surface area contributed by atoms with Gasteiger partial charge in [-0.2, -0.15) is 10.5 Å². The SMILES string of the molecule is N#Cc1cccc(COc2ccc(Br)cc2C#N)c1. The third-order valence-electron chi connectivity index (χ3n) is 2.51. The van der Waals surface area contributed by atoms with Crippen LogP contribution in [0.5, 0.6) is 5.75 Å². The van der Waals surface area contributed by atoms with E-state index in [9.17, 15) is 0 Å². The molecule has 0 aliphatic carbocycles. The van der Waals surface area contributed by atoms with Crippen LogP contribution in [0.15, 0.2) is 46.9 Å². The van der Waals surface area contributed by atoms with Crippen LogP contribution in [0.2, 0.25) is 0 Å². The number of rotatable bonds is 3. The van der Waals surface area contributed by atoms with Crippen molar-refractivity contribution in [2.45, 2.75) is 6.61 Å². The van der Waals surface area contributed by atoms with Gasteiger partial charge in [0.25, 0.3) is 0 Å². The Balaban J connectivity index is 2.15. The van der Waals surface area contributed by atoms with E-state index in [0.717, 1.165) is 10.0 Å². The Kier molecular flexibility index (Phi) is 4.18. The van der Waals surface area contributed by atoms with Crippen molar-refractivity contribution in [2.24, 2.45) is 0 Å². The summed E-state index contributed by atoms with van der Waals surface area (Å²) in [5, 5.41) is 17.8. The van der Waals surface area contributed by atoms with Crippen molar-refractivity contribution in [1.29, 1.82) is 10.5 Å². The van der Waals surface area contributed by atoms with Crippen LogP contribution in [0.3, 0.4) is 0 Å². The summed E-state index contributed by atoms with van der Waals surface area (Å²) in [5.74, 6) is 0.535. The van der Waals surface area contributed by atoms with Crippen LogP contribution in [0.25, 0.3) is 0 Å². The Bertz CT molecular complexity index is 683. The standard InChI is InChI=1S/C15H9BrN2O/c16-14-4-5-15(13(7-14)9-18)19-10-12-3-1-2-11(6-12)8-17/h1-7H,10H2. The van der Waals surface area contributed by atoms with Gasteiger partial charge in [-0.3, -0.25) is 0 Å². The maximum Gasteiger partial charge on any atom is 0.137 e. The minimum absolute atomic E-state index is 0.325. The molecule has 0 aliphatic rings. The molecule has 0 fully saturated rings. The number of hydrogen-bond acceptors (Lipinski definition) is 3. The summed E-state index contributed by atoms with van der Waals surface area (Å²) in [7, 11) is 0. The molecule has 2 rings (SSSR count). The van der Waals surface area contributed by atoms with E-state index in [2.05, 4.69) is 28.1 Å². The Morgan fingerprint density at radius 2 is 1.89 bits per heavy atom. The van der Waals surface area contributed by atoms with Gasteiger partial charge in [0.1, 0.15) is 18.4 Å². The number of nitrogens with zero attached hydrogens (tertiary/aromatic N) is 2. The minimum Gasteiger partial charge on any atom is -0.488 e. The second-order valence-electron chi connectivity index (χ2n) is 3.85. The summed E-state index contributed by atoms with van der Waals surface area (Å²) in [6.07, 6.45) is 0. The predicted molar refractivity (Wildman–Crippen MR) is 74.3 cm³/mol. The number of benzene rings is 2. The van der Waals surface area contributed by atoms with Crippen LogP contribution < -0.4 is 4.74 Å². The quantitative estimate of drug-likeness (QED) is 0.866. The van der Waals surface area contributed by atoms with Crippen molar-refractivity contribution in [1.82, 2.24) is 0 Å². The van der Waals surface area contributed by atoms with E-state index < -0.39 is 0 Å². The smallest absolute Gasteiger partial charge is 0.137 e. The minimum atomic E-state index is 0.325. The van der Waals surface area contributed by atoms with Gasteiger partial charge in [-0.1, -0.05) is 28.1 Å². The van der Waals surface area contributed by atoms with Gasteiger partial charge in [-0.25, -0.2) is 0 Å². The van der Waals surface area contributed by atoms with Crippen LogP contribution in [-0.4, -0.2) is 0 Å². The molecule has 0 radical (unpaired) electrons. The summed E-state index contributed by atoms with van der Waals surface area (Å²) in [6, 6.07) is 16.6. The summed E-state index contributed by atoms with van der Waals surface area (Å²) in [5.41, 5.74) is 1.97. The van der Waals surface area contributed by atoms with Gasteiger partial charge in [-0.15, -0.1) is 0 Å². The number of hydrogen-bond donors (Lipinski definition) is 0. The number of nitriles is 2. The van der Waals surface area contributed by atoms with Gasteiger partial charge in [-0.05, 0) is 35.9 Å². The fourth-order valence-electron chi connectivity index (χ4n) is 1.61. The molecule has 4 heteroatoms. The third kappa shape index (κ3) is 3.34. The van der Waals surface area contributed by atoms with E-state index in [1.54, 1.807) is 24.3 Å². The van der Waals surface area contributed by atoms with E-state index in [-0.39, 0.29) is 0 Å². The van der Waals surface area contributed by atoms with Gasteiger partial charge in [0, 0.05) is 4.47 Å². The fourth-order valence-corrected chi connectivity index (χ4v) is 1.97. The molecule has 0 saturated heterocycles. The molecule has 0 unspecified atom stereocenters. The highest BCUT2D eigenvalue weighted by atomic mass is 79.9. The van der Waals surface area contributed by atoms with Crippen molar-refractivity contribution < 1.29 is 4.74 Å². The van der Waals surface area contributed by atoms with Crippen LogP contribution in [0.4, 0.5) is 0 Å². The zero-order valence-electron chi connectivity index (χ0n) is 9.93. The Labute approximate surface area is 119 Å². The van der Waals surface area contributed by atoms with E-state index in [1.165, 1.54) is 0 Å². The monoisotopic (exact) mass is 312 g/mol. The predicted octanol–water partition coefficient (Wildman–Crippen LogP) is 3.77. The largest absolute Gasteiger partial charge is 0.488 e. The summed E-state index contributed by atoms with van der Waals surface area (Å²) in [6.45, 7) is 0.325. The van der Waals surface area contributed by atoms with E-state index in [0.29, 0.717) is 23.5 Å². The van der Waals surface area contributed by atoms with Crippen molar-refractivity contribution in [3.8, 4) is 17.9 Å². The molecule has 0 saturated carbocycles. The van der Waals surface area contributed by atoms with Gasteiger partial charge >= 0.3 is 0 Å². The van der Waals surface area contributed by atoms with Crippen molar-refractivity contribution in [3.63, 3.8) is 0 Å². The van der Waals surface area contributed by atoms with Crippen molar-refractivity contribution in [3.05, 3.63) is 63.6 Å². The molecule has 0 bridgehead atoms. The van der Waals surface area contributed by atoms with Crippen LogP contribution in [0, 0.1) is 22.7 Å². The second kappa shape index (κ2) is 6.04. The Morgan fingerprint density at radius 3 is 2.63 bits per heavy atom. The highest BCUT2D eigenvalue weighted by molar-refractivity contribution is 9.10. The first-order valence-electron chi connectivity index (χ1n) is 5.54. The van der Waals surface area contributed by atoms with Crippen LogP contribution in [-0.2, 0) is 6.61 Å². The van der Waals surface area contributed by atoms with Crippen molar-refractivity contribution >= 4 is 15.9 Å². The Hall–Kier alpha value is -2.30. The average molecular weight is 313 g/mol. The molecule has 2 aromatic rings. The topological polar surface area (TPSA) is 56.8 Å². The molecule has 0 atom stereocenters. The first-order chi connectivity index (χ1) is 9.22. The van der Waals surface area contributed by atoms with Crippen LogP contribution >= 0.6 is 15.9 Å². The normalized spacial score (nSPS) is 9.42. The molecular formula is C15H9BrN2O. The molecule has 0 aromatic heterocycles. The number of ether oxygens (including phenoxy) is 1. The summed E-state index contributed by atoms with van der Waals surface area (Å²) in [4.78, 5) is 0. The first kappa shape index (κ1) is 13.1. The Morgan fingerprint density at radius 1 is 1.05 bits per heavy atom. The molecule has 0 N–H and O–H groups in total. The average Bonchev–Trinajstić information content (AvgIpc) is 2.46. The maximum absolute atomic E-state index is 9.03. The molecule has 0 amide bonds. The first-order valence-corrected chi connectivity index (χ1v) is 6.33. The van der Waals surface area contributed by atoms with Gasteiger partial charge in [0.2, 0.25) is 0 Å². The lowest BCUT2D eigenvalue weighted by Crippen LogP contribution is -1.97. The van der Waals surface area contributed by atoms with Crippen LogP contribution in [0.1, 0.15) is 16.7 Å². The number of halogens is 1. The molecule has 0 spiro atoms. The molecular weight excluding hydrogens is 304 g/mol. The molecule has 0 aliphatic heterocycles. The summed E-state index contributed by atoms with van der Waals surface area (Å²) >= 11 is 3.31. The van der Waals surface area contributed by atoms with E-state index in [1.807, 2.05) is 18.2 Å². The molecule has 92 valence electrons. The second-order valence-corrected chi connectivity index (χ2v) is 4.77. The zero-order chi connectivity index (χ0) is 13.7. The maximum atomic E-state index is 9.03. The molecule has 2 aromatic carbocycles. The highest BCUT2D eigenvalue weighted by Gasteiger charge is 2.04. The highest BCUT2D eigenvalue weighted by Crippen LogP contribution is 2.23. The molecule has 0 heterocycles. The fraction of sp³-hybridized carbons (Fsp3) is 0.0667. The lowest BCUT2D eigenvalue weighted by atomic mass is 10.1. The lowest BCUT2D eigenvalue weighted by Gasteiger charge is -2.08. The van der Waals surface area contributed by atoms with Gasteiger partial charge < -0.3 is 4.74 Å². The molecule has 19 heavy (non-hydrogen) atoms. The molecule has 3 nitrogen and oxygen atoms in total. The summed E-state index contributed by atoms with van der Waals surface area (Å²) < 4.78 is 6.45. The lowest BCUT2D eigenvalue weighted by molar-refractivity contribution is 0.305. The van der Waals surface area contributed by atoms with Crippen molar-refractivity contribution in [2.75, 3.05) is 0 Å². The van der Waals surface area contributed by atoms with E-state index in [4.69, 9.17) is 15.3 Å². The third-order valence-corrected chi connectivity index (χ3v) is 3.01. The zero-order valence-corrected chi connectivity index (χ0v) is 11.5. The van der Waals surface area contributed by atoms with E-state index >= 15 is 0 Å². The van der Waals surface area contributed by atoms with Gasteiger partial charge in [0.05, 0.1) is 17.2 Å². The van der Waals surface area contributed by atoms with Gasteiger partial charge in [0.15, 0.2) is 0 Å².